The normalized spacial score (nSPS) is 24.2. The molecule has 0 bridgehead atoms. The number of fused-ring (bicyclic) bond motifs is 1. The molecule has 2 heterocycles. The molecule has 2 aliphatic heterocycles. The summed E-state index contributed by atoms with van der Waals surface area (Å²) in [5.41, 5.74) is 3.74. The van der Waals surface area contributed by atoms with Crippen molar-refractivity contribution in [3.8, 4) is 0 Å². The molecule has 2 amide bonds. The van der Waals surface area contributed by atoms with Crippen LogP contribution in [-0.4, -0.2) is 34.7 Å². The number of anilines is 1. The van der Waals surface area contributed by atoms with Crippen molar-refractivity contribution in [1.82, 2.24) is 4.90 Å². The quantitative estimate of drug-likeness (QED) is 0.724. The monoisotopic (exact) mass is 358 g/mol. The third-order valence-corrected chi connectivity index (χ3v) is 6.12. The van der Waals surface area contributed by atoms with Crippen LogP contribution in [0.5, 0.6) is 0 Å². The summed E-state index contributed by atoms with van der Waals surface area (Å²) >= 11 is 1.03. The number of carbonyl (C=O) groups excluding carboxylic acids is 2. The van der Waals surface area contributed by atoms with E-state index in [1.807, 2.05) is 13.0 Å². The van der Waals surface area contributed by atoms with Crippen molar-refractivity contribution in [3.63, 3.8) is 0 Å². The first-order valence-electron chi connectivity index (χ1n) is 8.95. The van der Waals surface area contributed by atoms with Gasteiger partial charge in [-0.2, -0.15) is 0 Å². The van der Waals surface area contributed by atoms with Crippen molar-refractivity contribution in [1.29, 1.82) is 0 Å². The maximum atomic E-state index is 12.3. The van der Waals surface area contributed by atoms with Gasteiger partial charge in [0.05, 0.1) is 4.91 Å². The Bertz CT molecular complexity index is 754. The van der Waals surface area contributed by atoms with E-state index in [-0.39, 0.29) is 16.7 Å². The van der Waals surface area contributed by atoms with E-state index in [1.165, 1.54) is 16.2 Å². The molecule has 0 spiro atoms. The highest BCUT2D eigenvalue weighted by Crippen LogP contribution is 2.44. The number of amides is 2. The number of carbonyl (C=O) groups is 2. The Hall–Kier alpha value is -1.75. The number of thioether (sulfide) groups is 1. The Morgan fingerprint density at radius 2 is 1.96 bits per heavy atom. The Morgan fingerprint density at radius 3 is 2.56 bits per heavy atom. The minimum atomic E-state index is -0.181. The molecule has 0 N–H and O–H groups in total. The van der Waals surface area contributed by atoms with Crippen molar-refractivity contribution in [2.75, 3.05) is 18.0 Å². The van der Waals surface area contributed by atoms with E-state index in [9.17, 15) is 9.59 Å². The van der Waals surface area contributed by atoms with Gasteiger partial charge in [0.2, 0.25) is 0 Å². The highest BCUT2D eigenvalue weighted by atomic mass is 32.2. The van der Waals surface area contributed by atoms with Crippen LogP contribution in [0, 0.1) is 0 Å². The molecule has 1 aromatic carbocycles. The lowest BCUT2D eigenvalue weighted by atomic mass is 9.79. The molecule has 5 heteroatoms. The molecule has 134 valence electrons. The number of likely N-dealkylation sites (N-methyl/N-ethyl adjacent to an activating group) is 1. The second-order valence-electron chi connectivity index (χ2n) is 7.41. The molecule has 2 aliphatic rings. The van der Waals surface area contributed by atoms with Gasteiger partial charge in [0.1, 0.15) is 0 Å². The predicted octanol–water partition coefficient (Wildman–Crippen LogP) is 4.85. The van der Waals surface area contributed by atoms with E-state index in [4.69, 9.17) is 0 Å². The van der Waals surface area contributed by atoms with Crippen molar-refractivity contribution < 1.29 is 9.59 Å². The summed E-state index contributed by atoms with van der Waals surface area (Å²) in [6, 6.07) is 6.39. The van der Waals surface area contributed by atoms with E-state index in [1.54, 1.807) is 0 Å². The third-order valence-electron chi connectivity index (χ3n) is 5.21. The van der Waals surface area contributed by atoms with Gasteiger partial charge in [-0.3, -0.25) is 14.5 Å². The van der Waals surface area contributed by atoms with Crippen LogP contribution in [0.1, 0.15) is 58.1 Å². The molecule has 4 nitrogen and oxygen atoms in total. The Morgan fingerprint density at radius 1 is 1.24 bits per heavy atom. The molecule has 3 rings (SSSR count). The maximum absolute atomic E-state index is 12.3. The van der Waals surface area contributed by atoms with Crippen molar-refractivity contribution in [2.24, 2.45) is 0 Å². The van der Waals surface area contributed by atoms with Crippen LogP contribution in [0.25, 0.3) is 6.08 Å². The molecule has 1 fully saturated rings. The summed E-state index contributed by atoms with van der Waals surface area (Å²) in [6.07, 6.45) is 2.95. The minimum absolute atomic E-state index is 0.145. The molecule has 0 unspecified atom stereocenters. The zero-order chi connectivity index (χ0) is 18.4. The van der Waals surface area contributed by atoms with Crippen molar-refractivity contribution >= 4 is 34.7 Å². The molecular weight excluding hydrogens is 332 g/mol. The molecule has 1 saturated heterocycles. The maximum Gasteiger partial charge on any atom is 0.293 e. The summed E-state index contributed by atoms with van der Waals surface area (Å²) in [4.78, 5) is 28.4. The van der Waals surface area contributed by atoms with Gasteiger partial charge in [-0.05, 0) is 81.1 Å². The number of benzene rings is 1. The Balaban J connectivity index is 1.97. The standard InChI is InChI=1S/C20H26N2O2S/c1-6-21-18(23)17(25-19(21)24)11-14-8-9-16-15(10-14)13(3)12-20(4,5)22(16)7-2/h8-11,13H,6-7,12H2,1-5H3/b17-11-/t13-/m1/s1. The van der Waals surface area contributed by atoms with Crippen molar-refractivity contribution in [3.05, 3.63) is 34.2 Å². The second kappa shape index (κ2) is 6.52. The lowest BCUT2D eigenvalue weighted by molar-refractivity contribution is -0.122. The minimum Gasteiger partial charge on any atom is -0.366 e. The molecule has 0 aromatic heterocycles. The number of rotatable bonds is 3. The van der Waals surface area contributed by atoms with Gasteiger partial charge in [-0.1, -0.05) is 13.0 Å². The highest BCUT2D eigenvalue weighted by Gasteiger charge is 2.36. The van der Waals surface area contributed by atoms with Crippen LogP contribution in [0.15, 0.2) is 23.1 Å². The fourth-order valence-corrected chi connectivity index (χ4v) is 5.02. The van der Waals surface area contributed by atoms with Crippen molar-refractivity contribution in [2.45, 2.75) is 52.5 Å². The molecule has 1 atom stereocenters. The summed E-state index contributed by atoms with van der Waals surface area (Å²) in [6.45, 7) is 12.3. The Kier molecular flexibility index (Phi) is 4.71. The smallest absolute Gasteiger partial charge is 0.293 e. The molecule has 25 heavy (non-hydrogen) atoms. The average Bonchev–Trinajstić information content (AvgIpc) is 2.81. The second-order valence-corrected chi connectivity index (χ2v) is 8.40. The number of hydrogen-bond acceptors (Lipinski definition) is 4. The molecule has 1 aromatic rings. The van der Waals surface area contributed by atoms with E-state index < -0.39 is 0 Å². The van der Waals surface area contributed by atoms with E-state index in [0.717, 1.165) is 30.3 Å². The zero-order valence-corrected chi connectivity index (χ0v) is 16.4. The van der Waals surface area contributed by atoms with E-state index in [0.29, 0.717) is 17.4 Å². The van der Waals surface area contributed by atoms with E-state index >= 15 is 0 Å². The van der Waals surface area contributed by atoms with Gasteiger partial charge >= 0.3 is 0 Å². The van der Waals surface area contributed by atoms with Crippen LogP contribution < -0.4 is 4.90 Å². The highest BCUT2D eigenvalue weighted by molar-refractivity contribution is 8.18. The topological polar surface area (TPSA) is 40.6 Å². The fourth-order valence-electron chi connectivity index (χ4n) is 4.12. The van der Waals surface area contributed by atoms with Crippen LogP contribution in [0.3, 0.4) is 0 Å². The molecule has 0 aliphatic carbocycles. The largest absolute Gasteiger partial charge is 0.366 e. The molecule has 0 saturated carbocycles. The third kappa shape index (κ3) is 3.10. The first-order valence-corrected chi connectivity index (χ1v) is 9.77. The first-order chi connectivity index (χ1) is 11.8. The number of hydrogen-bond donors (Lipinski definition) is 0. The SMILES string of the molecule is CCN1C(=O)S/C(=C\c2ccc3c(c2)[C@H](C)CC(C)(C)N3CC)C1=O. The lowest BCUT2D eigenvalue weighted by Crippen LogP contribution is -2.48. The van der Waals surface area contributed by atoms with Crippen LogP contribution >= 0.6 is 11.8 Å². The summed E-state index contributed by atoms with van der Waals surface area (Å²) in [5.74, 6) is 0.284. The van der Waals surface area contributed by atoms with Gasteiger partial charge in [0.15, 0.2) is 0 Å². The van der Waals surface area contributed by atoms with Gasteiger partial charge in [0, 0.05) is 24.3 Å². The van der Waals surface area contributed by atoms with Gasteiger partial charge < -0.3 is 4.90 Å². The molecular formula is C20H26N2O2S. The van der Waals surface area contributed by atoms with Gasteiger partial charge in [0.25, 0.3) is 11.1 Å². The lowest BCUT2D eigenvalue weighted by Gasteiger charge is -2.47. The first kappa shape index (κ1) is 18.1. The number of imide groups is 1. The summed E-state index contributed by atoms with van der Waals surface area (Å²) in [7, 11) is 0. The summed E-state index contributed by atoms with van der Waals surface area (Å²) in [5, 5.41) is -0.177. The molecule has 0 radical (unpaired) electrons. The van der Waals surface area contributed by atoms with Gasteiger partial charge in [-0.15, -0.1) is 0 Å². The van der Waals surface area contributed by atoms with Gasteiger partial charge in [-0.25, -0.2) is 0 Å². The summed E-state index contributed by atoms with van der Waals surface area (Å²) < 4.78 is 0. The van der Waals surface area contributed by atoms with Crippen LogP contribution in [0.2, 0.25) is 0 Å². The van der Waals surface area contributed by atoms with Crippen LogP contribution in [0.4, 0.5) is 10.5 Å². The zero-order valence-electron chi connectivity index (χ0n) is 15.6. The number of nitrogens with zero attached hydrogens (tertiary/aromatic N) is 2. The van der Waals surface area contributed by atoms with Crippen LogP contribution in [-0.2, 0) is 4.79 Å². The average molecular weight is 359 g/mol. The predicted molar refractivity (Wildman–Crippen MR) is 105 cm³/mol. The van der Waals surface area contributed by atoms with E-state index in [2.05, 4.69) is 50.8 Å². The Labute approximate surface area is 154 Å². The fraction of sp³-hybridized carbons (Fsp3) is 0.500.